The molecule has 2 aromatic heterocycles. The van der Waals surface area contributed by atoms with Gasteiger partial charge in [-0.1, -0.05) is 36.4 Å². The summed E-state index contributed by atoms with van der Waals surface area (Å²) in [7, 11) is 0. The Morgan fingerprint density at radius 2 is 1.84 bits per heavy atom. The number of phenols is 1. The number of hydrogen-bond donors (Lipinski definition) is 3. The topological polar surface area (TPSA) is 99.2 Å². The molecule has 0 fully saturated rings. The maximum absolute atomic E-state index is 14.0. The molecular weight excluding hydrogens is 409 g/mol. The van der Waals surface area contributed by atoms with Gasteiger partial charge >= 0.3 is 0 Å². The van der Waals surface area contributed by atoms with Crippen LogP contribution in [-0.2, 0) is 0 Å². The van der Waals surface area contributed by atoms with Crippen LogP contribution in [0, 0.1) is 11.2 Å². The third kappa shape index (κ3) is 4.57. The second-order valence-corrected chi connectivity index (χ2v) is 7.15. The average Bonchev–Trinajstić information content (AvgIpc) is 3.30. The number of benzene rings is 2. The van der Waals surface area contributed by atoms with Crippen LogP contribution in [0.5, 0.6) is 5.75 Å². The number of pyridine rings is 1. The Kier molecular flexibility index (Phi) is 6.07. The molecule has 1 atom stereocenters. The molecule has 0 aliphatic rings. The van der Waals surface area contributed by atoms with Gasteiger partial charge in [-0.15, -0.1) is 0 Å². The lowest BCUT2D eigenvalue weighted by Crippen LogP contribution is -2.30. The molecule has 7 heteroatoms. The molecule has 0 bridgehead atoms. The van der Waals surface area contributed by atoms with E-state index in [2.05, 4.69) is 10.3 Å². The zero-order valence-electron chi connectivity index (χ0n) is 17.0. The molecule has 0 spiro atoms. The smallest absolute Gasteiger partial charge is 0.287 e. The van der Waals surface area contributed by atoms with E-state index in [1.165, 1.54) is 24.3 Å². The Morgan fingerprint density at radius 3 is 2.59 bits per heavy atom. The van der Waals surface area contributed by atoms with Crippen molar-refractivity contribution < 1.29 is 18.7 Å². The fourth-order valence-corrected chi connectivity index (χ4v) is 3.38. The highest BCUT2D eigenvalue weighted by atomic mass is 19.1. The molecule has 0 aliphatic carbocycles. The molecule has 160 valence electrons. The number of aromatic hydroxyl groups is 1. The molecule has 4 aromatic rings. The van der Waals surface area contributed by atoms with Crippen LogP contribution in [0.4, 0.5) is 4.39 Å². The minimum absolute atomic E-state index is 0.00303. The van der Waals surface area contributed by atoms with Gasteiger partial charge < -0.3 is 20.2 Å². The van der Waals surface area contributed by atoms with E-state index in [4.69, 9.17) is 9.83 Å². The SMILES string of the molecule is N=C(CC(NC(=O)c1ccc(-c2ccccc2F)o1)c1ccccc1O)c1cccnc1. The maximum Gasteiger partial charge on any atom is 0.287 e. The van der Waals surface area contributed by atoms with Gasteiger partial charge in [0.15, 0.2) is 5.76 Å². The van der Waals surface area contributed by atoms with Crippen molar-refractivity contribution in [3.05, 3.63) is 108 Å². The van der Waals surface area contributed by atoms with Crippen LogP contribution in [0.25, 0.3) is 11.3 Å². The number of para-hydroxylation sites is 1. The maximum atomic E-state index is 14.0. The molecule has 6 nitrogen and oxygen atoms in total. The summed E-state index contributed by atoms with van der Waals surface area (Å²) in [4.78, 5) is 17.0. The molecule has 0 aliphatic heterocycles. The van der Waals surface area contributed by atoms with Gasteiger partial charge in [0.1, 0.15) is 17.3 Å². The summed E-state index contributed by atoms with van der Waals surface area (Å²) in [5.74, 6) is -0.763. The summed E-state index contributed by atoms with van der Waals surface area (Å²) in [6.07, 6.45) is 3.30. The Balaban J connectivity index is 1.58. The Labute approximate surface area is 183 Å². The van der Waals surface area contributed by atoms with Crippen molar-refractivity contribution in [2.75, 3.05) is 0 Å². The molecule has 1 amide bonds. The standard InChI is InChI=1S/C25H20FN3O3/c26-19-9-3-1-7-17(19)23-11-12-24(32-23)25(31)29-21(18-8-2-4-10-22(18)30)14-20(27)16-6-5-13-28-15-16/h1-13,15,21,27,30H,14H2,(H,29,31). The van der Waals surface area contributed by atoms with E-state index in [1.54, 1.807) is 60.9 Å². The molecule has 0 saturated heterocycles. The van der Waals surface area contributed by atoms with Gasteiger partial charge in [0, 0.05) is 35.7 Å². The van der Waals surface area contributed by atoms with Gasteiger partial charge in [-0.05, 0) is 36.4 Å². The van der Waals surface area contributed by atoms with Crippen molar-refractivity contribution in [3.8, 4) is 17.1 Å². The van der Waals surface area contributed by atoms with Crippen molar-refractivity contribution >= 4 is 11.6 Å². The highest BCUT2D eigenvalue weighted by Gasteiger charge is 2.23. The van der Waals surface area contributed by atoms with E-state index >= 15 is 0 Å². The van der Waals surface area contributed by atoms with Crippen LogP contribution >= 0.6 is 0 Å². The van der Waals surface area contributed by atoms with Gasteiger partial charge in [-0.2, -0.15) is 0 Å². The predicted molar refractivity (Wildman–Crippen MR) is 118 cm³/mol. The molecule has 3 N–H and O–H groups in total. The molecule has 4 rings (SSSR count). The number of nitrogens with zero attached hydrogens (tertiary/aromatic N) is 1. The zero-order valence-corrected chi connectivity index (χ0v) is 17.0. The number of carbonyl (C=O) groups is 1. The van der Waals surface area contributed by atoms with E-state index in [-0.39, 0.29) is 35.0 Å². The molecule has 1 unspecified atom stereocenters. The van der Waals surface area contributed by atoms with E-state index in [0.717, 1.165) is 0 Å². The van der Waals surface area contributed by atoms with Crippen LogP contribution in [0.3, 0.4) is 0 Å². The third-order valence-corrected chi connectivity index (χ3v) is 5.00. The van der Waals surface area contributed by atoms with Gasteiger partial charge in [-0.3, -0.25) is 9.78 Å². The Morgan fingerprint density at radius 1 is 1.06 bits per heavy atom. The van der Waals surface area contributed by atoms with Crippen LogP contribution in [0.15, 0.2) is 89.6 Å². The van der Waals surface area contributed by atoms with Crippen molar-refractivity contribution in [2.24, 2.45) is 0 Å². The third-order valence-electron chi connectivity index (χ3n) is 5.00. The quantitative estimate of drug-likeness (QED) is 0.355. The van der Waals surface area contributed by atoms with E-state index in [1.807, 2.05) is 0 Å². The summed E-state index contributed by atoms with van der Waals surface area (Å²) in [5.41, 5.74) is 1.58. The van der Waals surface area contributed by atoms with Crippen molar-refractivity contribution in [1.29, 1.82) is 5.41 Å². The van der Waals surface area contributed by atoms with Crippen LogP contribution in [0.1, 0.15) is 34.1 Å². The van der Waals surface area contributed by atoms with Gasteiger partial charge in [0.25, 0.3) is 5.91 Å². The largest absolute Gasteiger partial charge is 0.508 e. The van der Waals surface area contributed by atoms with Gasteiger partial charge in [0.05, 0.1) is 11.6 Å². The molecule has 2 heterocycles. The summed E-state index contributed by atoms with van der Waals surface area (Å²) in [5, 5.41) is 21.6. The number of phenolic OH excluding ortho intramolecular Hbond substituents is 1. The first-order valence-electron chi connectivity index (χ1n) is 9.94. The number of hydrogen-bond acceptors (Lipinski definition) is 5. The number of carbonyl (C=O) groups excluding carboxylic acids is 1. The second kappa shape index (κ2) is 9.26. The summed E-state index contributed by atoms with van der Waals surface area (Å²) < 4.78 is 19.6. The fourth-order valence-electron chi connectivity index (χ4n) is 3.38. The second-order valence-electron chi connectivity index (χ2n) is 7.15. The Hall–Kier alpha value is -4.26. The van der Waals surface area contributed by atoms with Crippen molar-refractivity contribution in [3.63, 3.8) is 0 Å². The number of nitrogens with one attached hydrogen (secondary N) is 2. The molecule has 32 heavy (non-hydrogen) atoms. The highest BCUT2D eigenvalue weighted by molar-refractivity contribution is 5.99. The first kappa shape index (κ1) is 21.0. The molecule has 2 aromatic carbocycles. The highest BCUT2D eigenvalue weighted by Crippen LogP contribution is 2.29. The summed E-state index contributed by atoms with van der Waals surface area (Å²) in [6.45, 7) is 0. The minimum atomic E-state index is -0.696. The molecular formula is C25H20FN3O3. The number of rotatable bonds is 7. The van der Waals surface area contributed by atoms with E-state index in [0.29, 0.717) is 11.1 Å². The minimum Gasteiger partial charge on any atom is -0.508 e. The molecule has 0 saturated carbocycles. The Bertz CT molecular complexity index is 1250. The summed E-state index contributed by atoms with van der Waals surface area (Å²) in [6, 6.07) is 18.5. The number of amides is 1. The predicted octanol–water partition coefficient (Wildman–Crippen LogP) is 5.12. The molecule has 0 radical (unpaired) electrons. The van der Waals surface area contributed by atoms with Crippen molar-refractivity contribution in [1.82, 2.24) is 10.3 Å². The van der Waals surface area contributed by atoms with Crippen LogP contribution in [0.2, 0.25) is 0 Å². The number of aromatic nitrogens is 1. The van der Waals surface area contributed by atoms with Gasteiger partial charge in [0.2, 0.25) is 0 Å². The lowest BCUT2D eigenvalue weighted by atomic mass is 9.97. The van der Waals surface area contributed by atoms with Gasteiger partial charge in [-0.25, -0.2) is 4.39 Å². The van der Waals surface area contributed by atoms with Crippen LogP contribution < -0.4 is 5.32 Å². The number of halogens is 1. The lowest BCUT2D eigenvalue weighted by Gasteiger charge is -2.20. The zero-order chi connectivity index (χ0) is 22.5. The monoisotopic (exact) mass is 429 g/mol. The normalized spacial score (nSPS) is 11.7. The summed E-state index contributed by atoms with van der Waals surface area (Å²) >= 11 is 0. The van der Waals surface area contributed by atoms with Crippen molar-refractivity contribution in [2.45, 2.75) is 12.5 Å². The van der Waals surface area contributed by atoms with Crippen LogP contribution in [-0.4, -0.2) is 21.7 Å². The first-order chi connectivity index (χ1) is 15.5. The van der Waals surface area contributed by atoms with E-state index in [9.17, 15) is 14.3 Å². The average molecular weight is 429 g/mol. The van der Waals surface area contributed by atoms with E-state index < -0.39 is 17.8 Å². The number of furan rings is 1. The fraction of sp³-hybridized carbons (Fsp3) is 0.0800. The lowest BCUT2D eigenvalue weighted by molar-refractivity contribution is 0.0910. The first-order valence-corrected chi connectivity index (χ1v) is 9.94.